The van der Waals surface area contributed by atoms with Crippen LogP contribution in [0.3, 0.4) is 0 Å². The van der Waals surface area contributed by atoms with Gasteiger partial charge in [-0.2, -0.15) is 0 Å². The lowest BCUT2D eigenvalue weighted by Crippen LogP contribution is -2.34. The average Bonchev–Trinajstić information content (AvgIpc) is 2.59. The maximum absolute atomic E-state index is 12.1. The number of rotatable bonds is 6. The molecule has 0 aliphatic rings. The number of benzene rings is 1. The van der Waals surface area contributed by atoms with Crippen molar-refractivity contribution in [1.29, 1.82) is 0 Å². The zero-order valence-electron chi connectivity index (χ0n) is 12.6. The molecule has 0 spiro atoms. The van der Waals surface area contributed by atoms with Gasteiger partial charge in [-0.05, 0) is 24.3 Å². The molecule has 8 heteroatoms. The summed E-state index contributed by atoms with van der Waals surface area (Å²) >= 11 is 0. The fourth-order valence-electron chi connectivity index (χ4n) is 1.83. The number of aliphatic hydroxyl groups is 2. The highest BCUT2D eigenvalue weighted by Gasteiger charge is 2.15. The van der Waals surface area contributed by atoms with E-state index >= 15 is 0 Å². The number of aliphatic hydroxyl groups excluding tert-OH is 2. The number of methoxy groups -OCH3 is 1. The van der Waals surface area contributed by atoms with E-state index in [1.54, 1.807) is 31.4 Å². The third-order valence-electron chi connectivity index (χ3n) is 3.11. The number of anilines is 1. The van der Waals surface area contributed by atoms with Crippen molar-refractivity contribution in [2.75, 3.05) is 26.0 Å². The Hall–Kier alpha value is -2.71. The van der Waals surface area contributed by atoms with Gasteiger partial charge in [0.2, 0.25) is 0 Å². The Balaban J connectivity index is 2.22. The van der Waals surface area contributed by atoms with Gasteiger partial charge in [0.25, 0.3) is 5.91 Å². The van der Waals surface area contributed by atoms with Gasteiger partial charge in [0.05, 0.1) is 31.7 Å². The molecule has 1 atom stereocenters. The molecule has 0 bridgehead atoms. The van der Waals surface area contributed by atoms with E-state index in [2.05, 4.69) is 15.3 Å². The molecule has 2 rings (SSSR count). The molecule has 1 aromatic carbocycles. The van der Waals surface area contributed by atoms with E-state index in [0.29, 0.717) is 11.4 Å². The Labute approximate surface area is 133 Å². The van der Waals surface area contributed by atoms with E-state index in [4.69, 9.17) is 15.6 Å². The van der Waals surface area contributed by atoms with Gasteiger partial charge in [0, 0.05) is 12.1 Å². The number of aromatic nitrogens is 2. The number of hydrogen-bond acceptors (Lipinski definition) is 7. The van der Waals surface area contributed by atoms with Crippen molar-refractivity contribution in [3.63, 3.8) is 0 Å². The number of carbonyl (C=O) groups is 1. The molecule has 0 aliphatic heterocycles. The molecule has 1 heterocycles. The molecule has 0 radical (unpaired) electrons. The highest BCUT2D eigenvalue weighted by Crippen LogP contribution is 2.21. The molecule has 8 nitrogen and oxygen atoms in total. The molecule has 122 valence electrons. The first-order valence-electron chi connectivity index (χ1n) is 6.89. The van der Waals surface area contributed by atoms with Crippen LogP contribution in [0.5, 0.6) is 5.75 Å². The summed E-state index contributed by atoms with van der Waals surface area (Å²) in [6.45, 7) is -0.559. The van der Waals surface area contributed by atoms with Gasteiger partial charge in [-0.15, -0.1) is 0 Å². The van der Waals surface area contributed by atoms with Crippen LogP contribution < -0.4 is 15.8 Å². The van der Waals surface area contributed by atoms with Crippen LogP contribution in [-0.2, 0) is 0 Å². The lowest BCUT2D eigenvalue weighted by Gasteiger charge is -2.10. The Morgan fingerprint density at radius 1 is 1.39 bits per heavy atom. The minimum Gasteiger partial charge on any atom is -0.497 e. The summed E-state index contributed by atoms with van der Waals surface area (Å²) in [5, 5.41) is 20.4. The Kier molecular flexibility index (Phi) is 5.45. The molecule has 0 aliphatic carbocycles. The third-order valence-corrected chi connectivity index (χ3v) is 3.11. The largest absolute Gasteiger partial charge is 0.497 e. The maximum atomic E-state index is 12.1. The second-order valence-electron chi connectivity index (χ2n) is 4.76. The summed E-state index contributed by atoms with van der Waals surface area (Å²) in [4.78, 5) is 20.3. The summed E-state index contributed by atoms with van der Waals surface area (Å²) in [6.07, 6.45) is 0.425. The molecule has 0 fully saturated rings. The third kappa shape index (κ3) is 4.15. The van der Waals surface area contributed by atoms with Crippen LogP contribution in [0.2, 0.25) is 0 Å². The number of nitrogens with one attached hydrogen (secondary N) is 1. The monoisotopic (exact) mass is 318 g/mol. The van der Waals surface area contributed by atoms with Crippen LogP contribution in [0.15, 0.2) is 30.5 Å². The first-order chi connectivity index (χ1) is 11.0. The predicted octanol–water partition coefficient (Wildman–Crippen LogP) is -0.183. The zero-order valence-corrected chi connectivity index (χ0v) is 12.6. The Morgan fingerprint density at radius 3 is 2.70 bits per heavy atom. The van der Waals surface area contributed by atoms with E-state index in [0.717, 1.165) is 5.56 Å². The Morgan fingerprint density at radius 2 is 2.09 bits per heavy atom. The molecule has 1 aromatic heterocycles. The minimum atomic E-state index is -1.04. The van der Waals surface area contributed by atoms with Crippen LogP contribution in [-0.4, -0.2) is 52.5 Å². The Bertz CT molecular complexity index is 676. The van der Waals surface area contributed by atoms with Gasteiger partial charge in [0.15, 0.2) is 11.5 Å². The first kappa shape index (κ1) is 16.7. The van der Waals surface area contributed by atoms with E-state index in [1.165, 1.54) is 6.20 Å². The van der Waals surface area contributed by atoms with E-state index in [1.807, 2.05) is 0 Å². The number of nitrogen functional groups attached to an aromatic ring is 1. The maximum Gasteiger partial charge on any atom is 0.273 e. The fourth-order valence-corrected chi connectivity index (χ4v) is 1.83. The van der Waals surface area contributed by atoms with Crippen molar-refractivity contribution in [1.82, 2.24) is 15.3 Å². The molecular formula is C15H18N4O4. The van der Waals surface area contributed by atoms with Crippen molar-refractivity contribution in [2.45, 2.75) is 6.10 Å². The van der Waals surface area contributed by atoms with Crippen molar-refractivity contribution < 1.29 is 19.7 Å². The molecular weight excluding hydrogens is 300 g/mol. The summed E-state index contributed by atoms with van der Waals surface area (Å²) in [7, 11) is 1.57. The molecule has 0 saturated heterocycles. The lowest BCUT2D eigenvalue weighted by atomic mass is 10.1. The lowest BCUT2D eigenvalue weighted by molar-refractivity contribution is 0.0799. The topological polar surface area (TPSA) is 131 Å². The van der Waals surface area contributed by atoms with Crippen molar-refractivity contribution in [2.24, 2.45) is 0 Å². The van der Waals surface area contributed by atoms with Crippen molar-refractivity contribution in [3.8, 4) is 17.0 Å². The van der Waals surface area contributed by atoms with E-state index in [-0.39, 0.29) is 18.1 Å². The first-order valence-corrected chi connectivity index (χ1v) is 6.89. The summed E-state index contributed by atoms with van der Waals surface area (Å²) < 4.78 is 5.09. The standard InChI is InChI=1S/C15H18N4O4/c1-23-11-4-2-9(3-5-11)12-7-17-14(16)13(19-12)15(22)18-6-10(21)8-20/h2-5,7,10,20-21H,6,8H2,1H3,(H2,16,17)(H,18,22)/t10-/m0/s1. The molecule has 0 unspecified atom stereocenters. The molecule has 0 saturated carbocycles. The van der Waals surface area contributed by atoms with E-state index < -0.39 is 18.6 Å². The smallest absolute Gasteiger partial charge is 0.273 e. The highest BCUT2D eigenvalue weighted by atomic mass is 16.5. The van der Waals surface area contributed by atoms with Crippen LogP contribution >= 0.6 is 0 Å². The minimum absolute atomic E-state index is 0.0155. The molecule has 23 heavy (non-hydrogen) atoms. The summed E-state index contributed by atoms with van der Waals surface area (Å²) in [6, 6.07) is 7.11. The van der Waals surface area contributed by atoms with Crippen molar-refractivity contribution in [3.05, 3.63) is 36.2 Å². The number of nitrogens with two attached hydrogens (primary N) is 1. The number of carbonyl (C=O) groups excluding carboxylic acids is 1. The molecule has 1 amide bonds. The molecule has 2 aromatic rings. The SMILES string of the molecule is COc1ccc(-c2cnc(N)c(C(=O)NC[C@H](O)CO)n2)cc1. The van der Waals surface area contributed by atoms with Gasteiger partial charge in [-0.25, -0.2) is 9.97 Å². The fraction of sp³-hybridized carbons (Fsp3) is 0.267. The van der Waals surface area contributed by atoms with Crippen LogP contribution in [0.1, 0.15) is 10.5 Å². The van der Waals surface area contributed by atoms with Crippen LogP contribution in [0.4, 0.5) is 5.82 Å². The number of ether oxygens (including phenoxy) is 1. The second-order valence-corrected chi connectivity index (χ2v) is 4.76. The van der Waals surface area contributed by atoms with Gasteiger partial charge in [-0.1, -0.05) is 0 Å². The summed E-state index contributed by atoms with van der Waals surface area (Å²) in [5.74, 6) is 0.115. The second kappa shape index (κ2) is 7.52. The van der Waals surface area contributed by atoms with Gasteiger partial charge in [0.1, 0.15) is 5.75 Å². The van der Waals surface area contributed by atoms with Gasteiger partial charge >= 0.3 is 0 Å². The van der Waals surface area contributed by atoms with Crippen LogP contribution in [0.25, 0.3) is 11.3 Å². The summed E-state index contributed by atoms with van der Waals surface area (Å²) in [5.41, 5.74) is 6.88. The highest BCUT2D eigenvalue weighted by molar-refractivity contribution is 5.96. The van der Waals surface area contributed by atoms with Crippen molar-refractivity contribution >= 4 is 11.7 Å². The van der Waals surface area contributed by atoms with E-state index in [9.17, 15) is 9.90 Å². The van der Waals surface area contributed by atoms with Gasteiger partial charge < -0.3 is 26.0 Å². The average molecular weight is 318 g/mol. The quantitative estimate of drug-likeness (QED) is 0.581. The number of nitrogens with zero attached hydrogens (tertiary/aromatic N) is 2. The zero-order chi connectivity index (χ0) is 16.8. The predicted molar refractivity (Wildman–Crippen MR) is 83.9 cm³/mol. The normalized spacial score (nSPS) is 11.8. The van der Waals surface area contributed by atoms with Crippen LogP contribution in [0, 0.1) is 0 Å². The number of amides is 1. The number of hydrogen-bond donors (Lipinski definition) is 4. The van der Waals surface area contributed by atoms with Gasteiger partial charge in [-0.3, -0.25) is 4.79 Å². The molecule has 5 N–H and O–H groups in total.